The van der Waals surface area contributed by atoms with E-state index in [1.165, 1.54) is 6.08 Å². The fraction of sp³-hybridized carbons (Fsp3) is 0.100. The van der Waals surface area contributed by atoms with Gasteiger partial charge in [0.15, 0.2) is 0 Å². The predicted octanol–water partition coefficient (Wildman–Crippen LogP) is 2.99. The van der Waals surface area contributed by atoms with Crippen LogP contribution in [0.25, 0.3) is 6.08 Å². The molecule has 0 unspecified atom stereocenters. The molecular weight excluding hydrogens is 230 g/mol. The van der Waals surface area contributed by atoms with Gasteiger partial charge in [0.1, 0.15) is 5.75 Å². The second-order valence-corrected chi connectivity index (χ2v) is 3.20. The summed E-state index contributed by atoms with van der Waals surface area (Å²) < 4.78 is 6.00. The van der Waals surface area contributed by atoms with Crippen LogP contribution in [-0.2, 0) is 0 Å². The molecule has 1 aromatic carbocycles. The zero-order valence-corrected chi connectivity index (χ0v) is 8.71. The topological polar surface area (TPSA) is 33.0 Å². The molecule has 13 heavy (non-hydrogen) atoms. The highest BCUT2D eigenvalue weighted by Crippen LogP contribution is 2.23. The van der Waals surface area contributed by atoms with Gasteiger partial charge in [0.25, 0.3) is 0 Å². The Labute approximate surface area is 85.6 Å². The van der Waals surface area contributed by atoms with E-state index >= 15 is 0 Å². The minimum atomic E-state index is 0.779. The lowest BCUT2D eigenvalue weighted by Gasteiger charge is -2.02. The third-order valence-corrected chi connectivity index (χ3v) is 2.26. The van der Waals surface area contributed by atoms with Gasteiger partial charge in [0, 0.05) is 10.5 Å². The molecule has 0 saturated carbocycles. The van der Waals surface area contributed by atoms with Gasteiger partial charge in [0.05, 0.1) is 13.2 Å². The molecule has 0 amide bonds. The molecule has 0 aliphatic carbocycles. The van der Waals surface area contributed by atoms with Crippen LogP contribution in [-0.4, -0.2) is 7.11 Å². The molecule has 1 rings (SSSR count). The number of hydrogen-bond acceptors (Lipinski definition) is 2. The lowest BCUT2D eigenvalue weighted by molar-refractivity contribution is 0.414. The van der Waals surface area contributed by atoms with Crippen LogP contribution >= 0.6 is 15.9 Å². The third-order valence-electron chi connectivity index (χ3n) is 1.54. The van der Waals surface area contributed by atoms with E-state index in [-0.39, 0.29) is 0 Å². The zero-order chi connectivity index (χ0) is 9.68. The van der Waals surface area contributed by atoms with Crippen molar-refractivity contribution in [1.29, 1.82) is 5.26 Å². The van der Waals surface area contributed by atoms with Crippen molar-refractivity contribution in [1.82, 2.24) is 0 Å². The van der Waals surface area contributed by atoms with Crippen LogP contribution in [0.5, 0.6) is 5.75 Å². The number of nitrogens with zero attached hydrogens (tertiary/aromatic N) is 1. The van der Waals surface area contributed by atoms with E-state index in [1.807, 2.05) is 24.3 Å². The molecule has 0 aromatic heterocycles. The number of methoxy groups -OCH3 is 1. The fourth-order valence-electron chi connectivity index (χ4n) is 0.904. The van der Waals surface area contributed by atoms with Gasteiger partial charge in [-0.05, 0) is 29.8 Å². The average molecular weight is 238 g/mol. The van der Waals surface area contributed by atoms with Gasteiger partial charge < -0.3 is 4.74 Å². The van der Waals surface area contributed by atoms with Crippen LogP contribution in [0.3, 0.4) is 0 Å². The summed E-state index contributed by atoms with van der Waals surface area (Å²) in [5.74, 6) is 0.779. The predicted molar refractivity (Wildman–Crippen MR) is 55.3 cm³/mol. The number of halogens is 1. The number of allylic oxidation sites excluding steroid dienone is 1. The molecule has 1 aromatic rings. The summed E-state index contributed by atoms with van der Waals surface area (Å²) in [4.78, 5) is 0. The third kappa shape index (κ3) is 2.60. The van der Waals surface area contributed by atoms with Gasteiger partial charge in [-0.1, -0.05) is 15.9 Å². The van der Waals surface area contributed by atoms with Gasteiger partial charge in [-0.15, -0.1) is 0 Å². The summed E-state index contributed by atoms with van der Waals surface area (Å²) in [5, 5.41) is 8.36. The van der Waals surface area contributed by atoms with Crippen LogP contribution in [0, 0.1) is 11.3 Å². The quantitative estimate of drug-likeness (QED) is 0.742. The van der Waals surface area contributed by atoms with Gasteiger partial charge >= 0.3 is 0 Å². The SMILES string of the molecule is COc1ccc(Br)c(/C=C/C#N)c1. The van der Waals surface area contributed by atoms with Crippen molar-refractivity contribution >= 4 is 22.0 Å². The van der Waals surface area contributed by atoms with E-state index in [9.17, 15) is 0 Å². The normalized spacial score (nSPS) is 9.92. The van der Waals surface area contributed by atoms with Crippen molar-refractivity contribution in [3.05, 3.63) is 34.3 Å². The molecular formula is C10H8BrNO. The summed E-state index contributed by atoms with van der Waals surface area (Å²) in [5.41, 5.74) is 0.931. The lowest BCUT2D eigenvalue weighted by Crippen LogP contribution is -1.83. The van der Waals surface area contributed by atoms with Crippen molar-refractivity contribution in [3.8, 4) is 11.8 Å². The molecule has 0 aliphatic rings. The van der Waals surface area contributed by atoms with Crippen molar-refractivity contribution in [2.45, 2.75) is 0 Å². The molecule has 0 N–H and O–H groups in total. The van der Waals surface area contributed by atoms with Crippen LogP contribution in [0.4, 0.5) is 0 Å². The minimum absolute atomic E-state index is 0.779. The molecule has 0 atom stereocenters. The maximum Gasteiger partial charge on any atom is 0.119 e. The van der Waals surface area contributed by atoms with Crippen molar-refractivity contribution in [3.63, 3.8) is 0 Å². The Hall–Kier alpha value is -1.27. The summed E-state index contributed by atoms with van der Waals surface area (Å²) in [7, 11) is 1.61. The maximum atomic E-state index is 8.36. The number of benzene rings is 1. The number of nitriles is 1. The van der Waals surface area contributed by atoms with Crippen molar-refractivity contribution < 1.29 is 4.74 Å². The molecule has 0 spiro atoms. The fourth-order valence-corrected chi connectivity index (χ4v) is 1.28. The van der Waals surface area contributed by atoms with Gasteiger partial charge in [0.2, 0.25) is 0 Å². The average Bonchev–Trinajstić information content (AvgIpc) is 2.17. The number of hydrogen-bond donors (Lipinski definition) is 0. The molecule has 0 saturated heterocycles. The molecule has 66 valence electrons. The molecule has 3 heteroatoms. The molecule has 0 radical (unpaired) electrons. The second-order valence-electron chi connectivity index (χ2n) is 2.35. The van der Waals surface area contributed by atoms with Crippen LogP contribution in [0.1, 0.15) is 5.56 Å². The Morgan fingerprint density at radius 3 is 2.92 bits per heavy atom. The summed E-state index contributed by atoms with van der Waals surface area (Å²) in [6.45, 7) is 0. The Morgan fingerprint density at radius 2 is 2.31 bits per heavy atom. The largest absolute Gasteiger partial charge is 0.497 e. The first-order valence-electron chi connectivity index (χ1n) is 3.67. The second kappa shape index (κ2) is 4.68. The van der Waals surface area contributed by atoms with E-state index in [2.05, 4.69) is 15.9 Å². The molecule has 2 nitrogen and oxygen atoms in total. The highest BCUT2D eigenvalue weighted by Gasteiger charge is 1.97. The van der Waals surface area contributed by atoms with E-state index in [1.54, 1.807) is 13.2 Å². The smallest absolute Gasteiger partial charge is 0.119 e. The standard InChI is InChI=1S/C10H8BrNO/c1-13-9-4-5-10(11)8(7-9)3-2-6-12/h2-5,7H,1H3/b3-2+. The Bertz CT molecular complexity index is 366. The van der Waals surface area contributed by atoms with E-state index in [0.29, 0.717) is 0 Å². The van der Waals surface area contributed by atoms with Crippen LogP contribution in [0.15, 0.2) is 28.7 Å². The molecule has 0 heterocycles. The van der Waals surface area contributed by atoms with E-state index < -0.39 is 0 Å². The lowest BCUT2D eigenvalue weighted by atomic mass is 10.2. The molecule has 0 fully saturated rings. The minimum Gasteiger partial charge on any atom is -0.497 e. The number of ether oxygens (including phenoxy) is 1. The van der Waals surface area contributed by atoms with Crippen LogP contribution < -0.4 is 4.74 Å². The monoisotopic (exact) mass is 237 g/mol. The van der Waals surface area contributed by atoms with Crippen molar-refractivity contribution in [2.24, 2.45) is 0 Å². The maximum absolute atomic E-state index is 8.36. The van der Waals surface area contributed by atoms with Crippen molar-refractivity contribution in [2.75, 3.05) is 7.11 Å². The van der Waals surface area contributed by atoms with Gasteiger partial charge in [-0.3, -0.25) is 0 Å². The highest BCUT2D eigenvalue weighted by molar-refractivity contribution is 9.10. The summed E-state index contributed by atoms with van der Waals surface area (Å²) in [6.07, 6.45) is 3.16. The Balaban J connectivity index is 3.05. The van der Waals surface area contributed by atoms with E-state index in [0.717, 1.165) is 15.8 Å². The Morgan fingerprint density at radius 1 is 1.54 bits per heavy atom. The van der Waals surface area contributed by atoms with E-state index in [4.69, 9.17) is 10.00 Å². The first kappa shape index (κ1) is 9.82. The molecule has 0 bridgehead atoms. The molecule has 0 aliphatic heterocycles. The zero-order valence-electron chi connectivity index (χ0n) is 7.12. The number of rotatable bonds is 2. The Kier molecular flexibility index (Phi) is 3.53. The highest BCUT2D eigenvalue weighted by atomic mass is 79.9. The first-order valence-corrected chi connectivity index (χ1v) is 4.47. The summed E-state index contributed by atoms with van der Waals surface area (Å²) >= 11 is 3.37. The van der Waals surface area contributed by atoms with Gasteiger partial charge in [-0.2, -0.15) is 5.26 Å². The summed E-state index contributed by atoms with van der Waals surface area (Å²) in [6, 6.07) is 7.54. The van der Waals surface area contributed by atoms with Gasteiger partial charge in [-0.25, -0.2) is 0 Å². The first-order chi connectivity index (χ1) is 6.27. The van der Waals surface area contributed by atoms with Crippen LogP contribution in [0.2, 0.25) is 0 Å².